The Morgan fingerprint density at radius 1 is 0.475 bits per heavy atom. The van der Waals surface area contributed by atoms with E-state index >= 15 is 0 Å². The van der Waals surface area contributed by atoms with E-state index in [1.807, 2.05) is 0 Å². The maximum Gasteiger partial charge on any atom is 0.470 e. The summed E-state index contributed by atoms with van der Waals surface area (Å²) in [6.07, 6.45) is -6.23. The van der Waals surface area contributed by atoms with Gasteiger partial charge < -0.3 is 13.7 Å². The average Bonchev–Trinajstić information content (AvgIpc) is 2.84. The number of hydrogen-bond donors (Lipinski definition) is 0. The zero-order chi connectivity index (χ0) is 31.4. The molecule has 0 saturated heterocycles. The molecule has 0 aromatic rings. The van der Waals surface area contributed by atoms with Crippen molar-refractivity contribution in [3.05, 3.63) is 0 Å². The Morgan fingerprint density at radius 3 is 0.925 bits per heavy atom. The van der Waals surface area contributed by atoms with Crippen molar-refractivity contribution in [2.24, 2.45) is 0 Å². The van der Waals surface area contributed by atoms with E-state index < -0.39 is 50.9 Å². The minimum Gasteiger partial charge on any atom is -0.330 e. The summed E-state index contributed by atoms with van der Waals surface area (Å²) >= 11 is 0. The summed E-state index contributed by atoms with van der Waals surface area (Å²) in [6, 6.07) is -0.847. The van der Waals surface area contributed by atoms with Gasteiger partial charge >= 0.3 is 44.8 Å². The molecular weight excluding hydrogens is 577 g/mol. The summed E-state index contributed by atoms with van der Waals surface area (Å²) < 4.78 is 119. The fourth-order valence-electron chi connectivity index (χ4n) is 4.62. The highest BCUT2D eigenvalue weighted by Gasteiger charge is 2.63. The molecule has 40 heavy (non-hydrogen) atoms. The number of rotatable bonds is 17. The molecule has 0 aromatic heterocycles. The summed E-state index contributed by atoms with van der Waals surface area (Å²) in [5.41, 5.74) is 0. The van der Waals surface area contributed by atoms with Crippen molar-refractivity contribution in [2.45, 2.75) is 115 Å². The number of nitrogens with zero attached hydrogens (tertiary/aromatic N) is 3. The first kappa shape index (κ1) is 38.0. The fraction of sp³-hybridized carbons (Fsp3) is 0.875. The molecule has 0 unspecified atom stereocenters. The predicted molar refractivity (Wildman–Crippen MR) is 133 cm³/mol. The lowest BCUT2D eigenvalue weighted by molar-refractivity contribution is -0.187. The highest BCUT2D eigenvalue weighted by atomic mass is 28.4. The maximum atomic E-state index is 13.3. The lowest BCUT2D eigenvalue weighted by Gasteiger charge is -2.49. The lowest BCUT2D eigenvalue weighted by atomic mass is 10.1. The average molecular weight is 618 g/mol. The number of unbranched alkanes of at least 4 members (excludes halogenated alkanes) is 12. The third-order valence-electron chi connectivity index (χ3n) is 6.87. The summed E-state index contributed by atoms with van der Waals surface area (Å²) in [5, 5.41) is 0. The summed E-state index contributed by atoms with van der Waals surface area (Å²) in [5.74, 6) is -8.30. The molecule has 0 bridgehead atoms. The Kier molecular flexibility index (Phi) is 15.6. The van der Waals surface area contributed by atoms with Crippen molar-refractivity contribution in [1.82, 2.24) is 13.7 Å². The molecule has 0 rings (SSSR count). The van der Waals surface area contributed by atoms with E-state index in [1.54, 1.807) is 0 Å². The van der Waals surface area contributed by atoms with E-state index in [1.165, 1.54) is 19.3 Å². The number of carbonyl (C=O) groups excluding carboxylic acids is 3. The quantitative estimate of drug-likeness (QED) is 0.0996. The van der Waals surface area contributed by atoms with Crippen LogP contribution in [0.1, 0.15) is 90.4 Å². The van der Waals surface area contributed by atoms with Gasteiger partial charge in [0, 0.05) is 21.1 Å². The molecule has 16 heteroatoms. The molecule has 0 N–H and O–H groups in total. The highest BCUT2D eigenvalue weighted by molar-refractivity contribution is 6.77. The number of halogens is 9. The first-order chi connectivity index (χ1) is 18.3. The molecule has 236 valence electrons. The van der Waals surface area contributed by atoms with Crippen LogP contribution in [0.25, 0.3) is 0 Å². The molecule has 0 heterocycles. The van der Waals surface area contributed by atoms with Gasteiger partial charge in [-0.05, 0) is 6.04 Å². The Morgan fingerprint density at radius 2 is 0.700 bits per heavy atom. The zero-order valence-electron chi connectivity index (χ0n) is 23.4. The molecule has 0 atom stereocenters. The molecule has 0 aliphatic carbocycles. The van der Waals surface area contributed by atoms with Crippen molar-refractivity contribution < 1.29 is 53.9 Å². The monoisotopic (exact) mass is 617 g/mol. The molecule has 0 radical (unpaired) electrons. The third-order valence-corrected chi connectivity index (χ3v) is 11.7. The standard InChI is InChI=1S/C24H40F9N3O3Si/c1-5-6-7-8-9-10-11-12-13-14-15-16-17-18-40(34(2)19(37)22(25,26)27,35(3)20(38)23(28,29)30)36(4)21(39)24(31,32)33/h5-18H2,1-4H3. The summed E-state index contributed by atoms with van der Waals surface area (Å²) in [4.78, 5) is 36.3. The van der Waals surface area contributed by atoms with Gasteiger partial charge in [-0.1, -0.05) is 90.4 Å². The first-order valence-electron chi connectivity index (χ1n) is 13.3. The molecule has 3 amide bonds. The second-order valence-electron chi connectivity index (χ2n) is 9.85. The Labute approximate surface area is 230 Å². The predicted octanol–water partition coefficient (Wildman–Crippen LogP) is 7.08. The van der Waals surface area contributed by atoms with Gasteiger partial charge in [-0.15, -0.1) is 0 Å². The van der Waals surface area contributed by atoms with Crippen LogP contribution in [-0.2, 0) is 14.4 Å². The van der Waals surface area contributed by atoms with Crippen LogP contribution in [0.5, 0.6) is 0 Å². The van der Waals surface area contributed by atoms with Gasteiger partial charge in [-0.2, -0.15) is 39.5 Å². The van der Waals surface area contributed by atoms with E-state index in [0.29, 0.717) is 34.0 Å². The van der Waals surface area contributed by atoms with Crippen molar-refractivity contribution in [2.75, 3.05) is 21.1 Å². The van der Waals surface area contributed by atoms with E-state index in [4.69, 9.17) is 0 Å². The fourth-order valence-corrected chi connectivity index (χ4v) is 9.05. The first-order valence-corrected chi connectivity index (χ1v) is 15.4. The van der Waals surface area contributed by atoms with Gasteiger partial charge in [0.2, 0.25) is 0 Å². The third kappa shape index (κ3) is 11.5. The van der Waals surface area contributed by atoms with Crippen LogP contribution < -0.4 is 0 Å². The molecule has 0 spiro atoms. The second kappa shape index (κ2) is 16.4. The van der Waals surface area contributed by atoms with E-state index in [9.17, 15) is 53.9 Å². The van der Waals surface area contributed by atoms with Crippen molar-refractivity contribution >= 4 is 26.3 Å². The molecule has 0 aromatic carbocycles. The van der Waals surface area contributed by atoms with Gasteiger partial charge in [-0.3, -0.25) is 14.4 Å². The molecule has 0 saturated carbocycles. The number of amides is 3. The Bertz CT molecular complexity index is 726. The SMILES string of the molecule is CCCCCCCCCCCCCCC[Si](N(C)C(=O)C(F)(F)F)(N(C)C(=O)C(F)(F)F)N(C)C(=O)C(F)(F)F. The normalized spacial score (nSPS) is 12.8. The summed E-state index contributed by atoms with van der Waals surface area (Å²) in [7, 11) is -4.34. The van der Waals surface area contributed by atoms with Gasteiger partial charge in [-0.25, -0.2) is 0 Å². The molecule has 0 aliphatic heterocycles. The molecular formula is C24H40F9N3O3Si. The smallest absolute Gasteiger partial charge is 0.330 e. The van der Waals surface area contributed by atoms with Gasteiger partial charge in [0.1, 0.15) is 0 Å². The van der Waals surface area contributed by atoms with Gasteiger partial charge in [0.25, 0.3) is 0 Å². The van der Waals surface area contributed by atoms with E-state index in [-0.39, 0.29) is 26.5 Å². The minimum atomic E-state index is -5.69. The second-order valence-corrected chi connectivity index (χ2v) is 13.9. The van der Waals surface area contributed by atoms with Crippen LogP contribution in [0.15, 0.2) is 0 Å². The van der Waals surface area contributed by atoms with Crippen LogP contribution in [0.2, 0.25) is 6.04 Å². The van der Waals surface area contributed by atoms with Crippen molar-refractivity contribution in [3.8, 4) is 0 Å². The Hall–Kier alpha value is -2.00. The molecule has 0 fully saturated rings. The number of alkyl halides is 9. The minimum absolute atomic E-state index is 0.196. The highest BCUT2D eigenvalue weighted by Crippen LogP contribution is 2.34. The molecule has 6 nitrogen and oxygen atoms in total. The van der Waals surface area contributed by atoms with E-state index in [0.717, 1.165) is 38.5 Å². The van der Waals surface area contributed by atoms with Crippen molar-refractivity contribution in [1.29, 1.82) is 0 Å². The number of carbonyl (C=O) groups is 3. The van der Waals surface area contributed by atoms with Crippen LogP contribution in [0, 0.1) is 0 Å². The zero-order valence-corrected chi connectivity index (χ0v) is 24.4. The van der Waals surface area contributed by atoms with Crippen LogP contribution in [-0.4, -0.2) is 79.6 Å². The van der Waals surface area contributed by atoms with E-state index in [2.05, 4.69) is 6.92 Å². The summed E-state index contributed by atoms with van der Waals surface area (Å²) in [6.45, 7) is 2.13. The van der Waals surface area contributed by atoms with Gasteiger partial charge in [0.05, 0.1) is 0 Å². The lowest BCUT2D eigenvalue weighted by Crippen LogP contribution is -2.78. The van der Waals surface area contributed by atoms with Gasteiger partial charge in [0.15, 0.2) is 0 Å². The Balaban J connectivity index is 5.72. The maximum absolute atomic E-state index is 13.3. The van der Waals surface area contributed by atoms with Crippen LogP contribution in [0.3, 0.4) is 0 Å². The topological polar surface area (TPSA) is 60.9 Å². The molecule has 0 aliphatic rings. The van der Waals surface area contributed by atoms with Crippen LogP contribution >= 0.6 is 0 Å². The van der Waals surface area contributed by atoms with Crippen LogP contribution in [0.4, 0.5) is 39.5 Å². The largest absolute Gasteiger partial charge is 0.470 e. The number of hydrogen-bond acceptors (Lipinski definition) is 3. The van der Waals surface area contributed by atoms with Crippen molar-refractivity contribution in [3.63, 3.8) is 0 Å².